The van der Waals surface area contributed by atoms with Gasteiger partial charge in [-0.1, -0.05) is 64.1 Å². The highest BCUT2D eigenvalue weighted by atomic mass is 28.4. The molecule has 0 amide bonds. The van der Waals surface area contributed by atoms with E-state index in [1.54, 1.807) is 25.5 Å². The van der Waals surface area contributed by atoms with Crippen LogP contribution in [-0.4, -0.2) is 55.0 Å². The monoisotopic (exact) mass is 544 g/mol. The van der Waals surface area contributed by atoms with Crippen LogP contribution in [0.25, 0.3) is 21.8 Å². The first kappa shape index (κ1) is 28.0. The molecule has 0 aliphatic rings. The number of nitrogens with zero attached hydrogens (tertiary/aromatic N) is 2. The zero-order valence-corrected chi connectivity index (χ0v) is 24.3. The summed E-state index contributed by atoms with van der Waals surface area (Å²) in [6, 6.07) is 14.3. The van der Waals surface area contributed by atoms with Gasteiger partial charge in [-0.05, 0) is 24.0 Å². The third kappa shape index (κ3) is 6.72. The third-order valence-corrected chi connectivity index (χ3v) is 7.82. The van der Waals surface area contributed by atoms with Crippen molar-refractivity contribution in [3.63, 3.8) is 0 Å². The van der Waals surface area contributed by atoms with E-state index >= 15 is 0 Å². The first-order chi connectivity index (χ1) is 18.6. The number of para-hydroxylation sites is 2. The number of carbonyl (C=O) groups excluding carboxylic acids is 2. The summed E-state index contributed by atoms with van der Waals surface area (Å²) < 4.78 is 11.6. The summed E-state index contributed by atoms with van der Waals surface area (Å²) in [7, 11) is -3.18. The Hall–Kier alpha value is -3.98. The van der Waals surface area contributed by atoms with Gasteiger partial charge in [0.2, 0.25) is 0 Å². The van der Waals surface area contributed by atoms with E-state index in [1.807, 2.05) is 88.6 Å². The molecule has 0 saturated heterocycles. The zero-order valence-electron chi connectivity index (χ0n) is 23.3. The van der Waals surface area contributed by atoms with E-state index in [1.165, 1.54) is 0 Å². The zero-order chi connectivity index (χ0) is 28.2. The van der Waals surface area contributed by atoms with Crippen LogP contribution in [0.3, 0.4) is 0 Å². The number of hydrogen-bond acceptors (Lipinski definition) is 6. The molecule has 0 saturated carbocycles. The number of H-pyrrole nitrogens is 2. The van der Waals surface area contributed by atoms with E-state index in [0.717, 1.165) is 32.9 Å². The molecule has 2 atom stereocenters. The first-order valence-corrected chi connectivity index (χ1v) is 16.0. The second-order valence-electron chi connectivity index (χ2n) is 10.8. The van der Waals surface area contributed by atoms with E-state index in [4.69, 9.17) is 8.85 Å². The van der Waals surface area contributed by atoms with Crippen molar-refractivity contribution in [3.8, 4) is 0 Å². The number of fused-ring (bicyclic) bond motifs is 2. The van der Waals surface area contributed by atoms with Gasteiger partial charge < -0.3 is 18.8 Å². The van der Waals surface area contributed by atoms with Crippen molar-refractivity contribution >= 4 is 54.7 Å². The Morgan fingerprint density at radius 2 is 1.10 bits per heavy atom. The standard InChI is InChI=1S/C30H36N4O4Si/c1-19(2)27(33-17-21-15-31-25-13-9-7-11-23(21)25)29(35)37-39(5,6)38-30(36)28(20(3)4)34-18-22-16-32-26-14-10-8-12-24(22)26/h7-20,27-28,31-32H,1-6H3/t27-,28+. The molecule has 0 radical (unpaired) electrons. The van der Waals surface area contributed by atoms with Gasteiger partial charge in [-0.2, -0.15) is 0 Å². The highest BCUT2D eigenvalue weighted by molar-refractivity contribution is 6.67. The molecule has 9 heteroatoms. The van der Waals surface area contributed by atoms with Crippen LogP contribution in [0.1, 0.15) is 38.8 Å². The summed E-state index contributed by atoms with van der Waals surface area (Å²) >= 11 is 0. The van der Waals surface area contributed by atoms with E-state index in [2.05, 4.69) is 20.0 Å². The predicted octanol–water partition coefficient (Wildman–Crippen LogP) is 6.02. The van der Waals surface area contributed by atoms with Gasteiger partial charge in [0.05, 0.1) is 0 Å². The van der Waals surface area contributed by atoms with Crippen LogP contribution in [0.15, 0.2) is 70.9 Å². The highest BCUT2D eigenvalue weighted by Crippen LogP contribution is 2.21. The largest absolute Gasteiger partial charge is 0.483 e. The molecular weight excluding hydrogens is 508 g/mol. The first-order valence-electron chi connectivity index (χ1n) is 13.2. The van der Waals surface area contributed by atoms with Gasteiger partial charge in [-0.3, -0.25) is 19.6 Å². The quantitative estimate of drug-likeness (QED) is 0.188. The summed E-state index contributed by atoms with van der Waals surface area (Å²) in [6.07, 6.45) is 7.11. The summed E-state index contributed by atoms with van der Waals surface area (Å²) in [5.74, 6) is -1.23. The molecular formula is C30H36N4O4Si. The second kappa shape index (κ2) is 11.8. The lowest BCUT2D eigenvalue weighted by Crippen LogP contribution is -2.45. The number of aliphatic imine (C=N–C) groups is 2. The Morgan fingerprint density at radius 1 is 0.718 bits per heavy atom. The van der Waals surface area contributed by atoms with Crippen LogP contribution in [0.4, 0.5) is 0 Å². The molecule has 0 aliphatic carbocycles. The summed E-state index contributed by atoms with van der Waals surface area (Å²) in [4.78, 5) is 41.9. The number of hydrogen-bond donors (Lipinski definition) is 2. The lowest BCUT2D eigenvalue weighted by Gasteiger charge is -2.27. The number of aromatic amines is 2. The lowest BCUT2D eigenvalue weighted by molar-refractivity contribution is -0.143. The normalized spacial score (nSPS) is 14.2. The smallest absolute Gasteiger partial charge is 0.457 e. The topological polar surface area (TPSA) is 109 Å². The van der Waals surface area contributed by atoms with Crippen molar-refractivity contribution in [3.05, 3.63) is 72.1 Å². The van der Waals surface area contributed by atoms with Crippen molar-refractivity contribution in [2.45, 2.75) is 52.9 Å². The van der Waals surface area contributed by atoms with Crippen molar-refractivity contribution < 1.29 is 18.4 Å². The molecule has 0 bridgehead atoms. The number of nitrogens with one attached hydrogen (secondary N) is 2. The van der Waals surface area contributed by atoms with Crippen LogP contribution in [0.5, 0.6) is 0 Å². The molecule has 39 heavy (non-hydrogen) atoms. The minimum atomic E-state index is -3.18. The number of carbonyl (C=O) groups is 2. The molecule has 8 nitrogen and oxygen atoms in total. The number of benzene rings is 2. The van der Waals surface area contributed by atoms with Crippen LogP contribution >= 0.6 is 0 Å². The van der Waals surface area contributed by atoms with Gasteiger partial charge in [0, 0.05) is 70.8 Å². The average Bonchev–Trinajstić information content (AvgIpc) is 3.47. The van der Waals surface area contributed by atoms with E-state index in [9.17, 15) is 9.59 Å². The minimum absolute atomic E-state index is 0.108. The fourth-order valence-electron chi connectivity index (χ4n) is 4.36. The highest BCUT2D eigenvalue weighted by Gasteiger charge is 2.39. The maximum absolute atomic E-state index is 13.2. The molecule has 4 rings (SSSR count). The molecule has 4 aromatic rings. The maximum Gasteiger partial charge on any atom is 0.457 e. The van der Waals surface area contributed by atoms with Crippen LogP contribution < -0.4 is 0 Å². The predicted molar refractivity (Wildman–Crippen MR) is 159 cm³/mol. The van der Waals surface area contributed by atoms with Gasteiger partial charge >= 0.3 is 20.5 Å². The van der Waals surface area contributed by atoms with Crippen molar-refractivity contribution in [2.75, 3.05) is 0 Å². The van der Waals surface area contributed by atoms with E-state index in [0.29, 0.717) is 0 Å². The molecule has 2 N–H and O–H groups in total. The Morgan fingerprint density at radius 3 is 1.49 bits per heavy atom. The third-order valence-electron chi connectivity index (χ3n) is 6.43. The van der Waals surface area contributed by atoms with Crippen LogP contribution in [-0.2, 0) is 18.4 Å². The Labute approximate surface area is 229 Å². The van der Waals surface area contributed by atoms with Gasteiger partial charge in [-0.25, -0.2) is 0 Å². The van der Waals surface area contributed by atoms with Crippen molar-refractivity contribution in [1.29, 1.82) is 0 Å². The molecule has 204 valence electrons. The Kier molecular flexibility index (Phi) is 8.50. The average molecular weight is 545 g/mol. The van der Waals surface area contributed by atoms with Crippen LogP contribution in [0, 0.1) is 11.8 Å². The van der Waals surface area contributed by atoms with E-state index in [-0.39, 0.29) is 11.8 Å². The molecule has 0 fully saturated rings. The van der Waals surface area contributed by atoms with Crippen molar-refractivity contribution in [2.24, 2.45) is 21.8 Å². The van der Waals surface area contributed by atoms with Crippen LogP contribution in [0.2, 0.25) is 13.1 Å². The Bertz CT molecular complexity index is 1400. The molecule has 2 aromatic heterocycles. The lowest BCUT2D eigenvalue weighted by atomic mass is 10.1. The maximum atomic E-state index is 13.2. The fraction of sp³-hybridized carbons (Fsp3) is 0.333. The number of aromatic nitrogens is 2. The second-order valence-corrected chi connectivity index (χ2v) is 14.0. The van der Waals surface area contributed by atoms with Crippen molar-refractivity contribution in [1.82, 2.24) is 9.97 Å². The SMILES string of the molecule is CC(C)[C@H](N=Cc1c[nH]c2ccccc12)C(=O)O[Si](C)(C)OC(=O)[C@H](N=Cc1c[nH]c2ccccc12)C(C)C. The molecule has 2 aromatic carbocycles. The van der Waals surface area contributed by atoms with Gasteiger partial charge in [0.25, 0.3) is 0 Å². The van der Waals surface area contributed by atoms with E-state index < -0.39 is 32.6 Å². The van der Waals surface area contributed by atoms with Gasteiger partial charge in [0.1, 0.15) is 12.1 Å². The molecule has 0 aliphatic heterocycles. The molecule has 2 heterocycles. The number of rotatable bonds is 10. The van der Waals surface area contributed by atoms with Gasteiger partial charge in [0.15, 0.2) is 0 Å². The minimum Gasteiger partial charge on any atom is -0.483 e. The Balaban J connectivity index is 1.44. The fourth-order valence-corrected chi connectivity index (χ4v) is 5.61. The summed E-state index contributed by atoms with van der Waals surface area (Å²) in [6.45, 7) is 11.0. The molecule has 0 spiro atoms. The van der Waals surface area contributed by atoms with Gasteiger partial charge in [-0.15, -0.1) is 0 Å². The summed E-state index contributed by atoms with van der Waals surface area (Å²) in [5, 5.41) is 2.04. The summed E-state index contributed by atoms with van der Waals surface area (Å²) in [5.41, 5.74) is 3.77. The molecule has 0 unspecified atom stereocenters.